The van der Waals surface area contributed by atoms with Crippen LogP contribution in [0.1, 0.15) is 44.9 Å². The molecule has 8 heteroatoms. The minimum absolute atomic E-state index is 0.311. The molecule has 1 N–H and O–H groups in total. The van der Waals surface area contributed by atoms with E-state index in [4.69, 9.17) is 28.4 Å². The third-order valence-corrected chi connectivity index (χ3v) is 7.62. The number of fused-ring (bicyclic) bond motifs is 1. The van der Waals surface area contributed by atoms with Crippen LogP contribution in [0.5, 0.6) is 0 Å². The smallest absolute Gasteiger partial charge is 0.328 e. The molecule has 0 saturated carbocycles. The van der Waals surface area contributed by atoms with Gasteiger partial charge in [-0.3, -0.25) is 5.32 Å². The Labute approximate surface area is 240 Å². The van der Waals surface area contributed by atoms with Gasteiger partial charge in [-0.1, -0.05) is 84.9 Å². The number of benzene rings is 3. The largest absolute Gasteiger partial charge is 0.455 e. The molecule has 3 aliphatic rings. The molecule has 6 rings (SSSR count). The third kappa shape index (κ3) is 6.23. The lowest BCUT2D eigenvalue weighted by Crippen LogP contribution is -2.46. The normalized spacial score (nSPS) is 28.7. The second-order valence-electron chi connectivity index (χ2n) is 11.6. The van der Waals surface area contributed by atoms with Gasteiger partial charge in [-0.25, -0.2) is 4.79 Å². The van der Waals surface area contributed by atoms with Crippen molar-refractivity contribution in [1.82, 2.24) is 5.32 Å². The van der Waals surface area contributed by atoms with Gasteiger partial charge in [0.05, 0.1) is 6.61 Å². The Kier molecular flexibility index (Phi) is 7.72. The lowest BCUT2D eigenvalue weighted by molar-refractivity contribution is -0.235. The van der Waals surface area contributed by atoms with E-state index in [0.29, 0.717) is 13.2 Å². The maximum absolute atomic E-state index is 14.0. The van der Waals surface area contributed by atoms with Crippen LogP contribution in [0, 0.1) is 0 Å². The molecule has 216 valence electrons. The molecule has 41 heavy (non-hydrogen) atoms. The molecule has 3 fully saturated rings. The van der Waals surface area contributed by atoms with Crippen LogP contribution in [0.3, 0.4) is 0 Å². The quantitative estimate of drug-likeness (QED) is 0.381. The number of hydrogen-bond donors (Lipinski definition) is 1. The van der Waals surface area contributed by atoms with Crippen molar-refractivity contribution in [3.8, 4) is 11.1 Å². The highest BCUT2D eigenvalue weighted by Gasteiger charge is 2.60. The molecule has 3 aromatic carbocycles. The first-order valence-electron chi connectivity index (χ1n) is 14.1. The van der Waals surface area contributed by atoms with Gasteiger partial charge in [0.25, 0.3) is 0 Å². The highest BCUT2D eigenvalue weighted by Crippen LogP contribution is 2.42. The summed E-state index contributed by atoms with van der Waals surface area (Å²) >= 11 is 0. The number of nitrogens with one attached hydrogen (secondary N) is 1. The molecule has 6 atom stereocenters. The summed E-state index contributed by atoms with van der Waals surface area (Å²) < 4.78 is 36.6. The molecule has 3 aliphatic heterocycles. The van der Waals surface area contributed by atoms with Gasteiger partial charge < -0.3 is 28.4 Å². The maximum atomic E-state index is 14.0. The summed E-state index contributed by atoms with van der Waals surface area (Å²) in [6.07, 6.45) is -3.07. The van der Waals surface area contributed by atoms with Crippen molar-refractivity contribution >= 4 is 5.97 Å². The van der Waals surface area contributed by atoms with Crippen molar-refractivity contribution in [3.63, 3.8) is 0 Å². The molecule has 3 heterocycles. The first kappa shape index (κ1) is 28.0. The zero-order chi connectivity index (χ0) is 28.6. The van der Waals surface area contributed by atoms with E-state index in [1.807, 2.05) is 100 Å². The molecule has 0 unspecified atom stereocenters. The van der Waals surface area contributed by atoms with E-state index in [-0.39, 0.29) is 0 Å². The van der Waals surface area contributed by atoms with Gasteiger partial charge in [0.15, 0.2) is 30.1 Å². The Bertz CT molecular complexity index is 1330. The van der Waals surface area contributed by atoms with E-state index in [9.17, 15) is 4.79 Å². The van der Waals surface area contributed by atoms with Gasteiger partial charge in [0.2, 0.25) is 0 Å². The molecule has 0 spiro atoms. The number of esters is 1. The Balaban J connectivity index is 1.26. The van der Waals surface area contributed by atoms with Gasteiger partial charge in [-0.15, -0.1) is 0 Å². The second kappa shape index (κ2) is 11.3. The average molecular weight is 560 g/mol. The Morgan fingerprint density at radius 2 is 1.49 bits per heavy atom. The molecular formula is C33H37NO7. The summed E-state index contributed by atoms with van der Waals surface area (Å²) in [7, 11) is 0. The average Bonchev–Trinajstić information content (AvgIpc) is 3.59. The predicted molar refractivity (Wildman–Crippen MR) is 151 cm³/mol. The lowest BCUT2D eigenvalue weighted by atomic mass is 10.00. The molecule has 0 aliphatic carbocycles. The van der Waals surface area contributed by atoms with Crippen molar-refractivity contribution in [2.24, 2.45) is 0 Å². The Morgan fingerprint density at radius 3 is 2.15 bits per heavy atom. The number of ether oxygens (including phenoxy) is 6. The van der Waals surface area contributed by atoms with Crippen LogP contribution in [0.4, 0.5) is 0 Å². The van der Waals surface area contributed by atoms with Crippen LogP contribution >= 0.6 is 0 Å². The van der Waals surface area contributed by atoms with E-state index in [0.717, 1.165) is 22.3 Å². The summed E-state index contributed by atoms with van der Waals surface area (Å²) in [6, 6.07) is 27.3. The molecular weight excluding hydrogens is 522 g/mol. The fraction of sp³-hybridized carbons (Fsp3) is 0.424. The molecule has 0 radical (unpaired) electrons. The number of carbonyl (C=O) groups excluding carboxylic acids is 1. The number of carbonyl (C=O) groups is 1. The number of rotatable bonds is 8. The maximum Gasteiger partial charge on any atom is 0.328 e. The fourth-order valence-electron chi connectivity index (χ4n) is 5.67. The minimum atomic E-state index is -0.866. The molecule has 3 aromatic rings. The first-order chi connectivity index (χ1) is 19.7. The van der Waals surface area contributed by atoms with Gasteiger partial charge >= 0.3 is 5.97 Å². The topological polar surface area (TPSA) is 84.5 Å². The molecule has 8 nitrogen and oxygen atoms in total. The zero-order valence-electron chi connectivity index (χ0n) is 23.8. The highest BCUT2D eigenvalue weighted by molar-refractivity contribution is 5.78. The predicted octanol–water partition coefficient (Wildman–Crippen LogP) is 5.12. The molecule has 0 amide bonds. The second-order valence-corrected chi connectivity index (χ2v) is 11.6. The lowest BCUT2D eigenvalue weighted by Gasteiger charge is -2.30. The van der Waals surface area contributed by atoms with Gasteiger partial charge in [-0.2, -0.15) is 0 Å². The van der Waals surface area contributed by atoms with E-state index >= 15 is 0 Å². The minimum Gasteiger partial charge on any atom is -0.455 e. The van der Waals surface area contributed by atoms with Crippen molar-refractivity contribution in [3.05, 3.63) is 96.1 Å². The fourth-order valence-corrected chi connectivity index (χ4v) is 5.67. The van der Waals surface area contributed by atoms with Crippen LogP contribution in [0.2, 0.25) is 0 Å². The van der Waals surface area contributed by atoms with E-state index in [2.05, 4.69) is 17.4 Å². The molecule has 3 saturated heterocycles. The molecule has 0 aromatic heterocycles. The van der Waals surface area contributed by atoms with Gasteiger partial charge in [0.1, 0.15) is 18.2 Å². The standard InChI is InChI=1S/C33H37NO7/c1-32(2)36-20-25(39-32)27-28(29-31(38-27)41-33(3,4)40-29)37-30(35)26(34-19-21-11-7-5-8-12-21)24-17-15-23(16-18-24)22-13-9-6-10-14-22/h5-18,25-29,31,34H,19-20H2,1-4H3/t25-,26+,27-,28+,29-,31-/m1/s1. The third-order valence-electron chi connectivity index (χ3n) is 7.62. The highest BCUT2D eigenvalue weighted by atomic mass is 16.8. The summed E-state index contributed by atoms with van der Waals surface area (Å²) in [6.45, 7) is 8.13. The van der Waals surface area contributed by atoms with E-state index in [1.54, 1.807) is 0 Å². The van der Waals surface area contributed by atoms with Crippen LogP contribution in [-0.4, -0.2) is 54.9 Å². The zero-order valence-corrected chi connectivity index (χ0v) is 23.8. The van der Waals surface area contributed by atoms with E-state index in [1.165, 1.54) is 0 Å². The van der Waals surface area contributed by atoms with Crippen LogP contribution in [0.25, 0.3) is 11.1 Å². The molecule has 0 bridgehead atoms. The van der Waals surface area contributed by atoms with Crippen molar-refractivity contribution in [2.75, 3.05) is 6.61 Å². The first-order valence-corrected chi connectivity index (χ1v) is 14.1. The van der Waals surface area contributed by atoms with Gasteiger partial charge in [0, 0.05) is 6.54 Å². The van der Waals surface area contributed by atoms with Gasteiger partial charge in [-0.05, 0) is 49.9 Å². The SMILES string of the molecule is CC1(C)O[C@H]2O[C@H]([C@H]3COC(C)(C)O3)[C@H](OC(=O)[C@@H](NCc3ccccc3)c3ccc(-c4ccccc4)cc3)[C@H]2O1. The Hall–Kier alpha value is -3.11. The summed E-state index contributed by atoms with van der Waals surface area (Å²) in [5.74, 6) is -2.06. The van der Waals surface area contributed by atoms with Crippen LogP contribution in [-0.2, 0) is 39.8 Å². The summed E-state index contributed by atoms with van der Waals surface area (Å²) in [5, 5.41) is 3.42. The van der Waals surface area contributed by atoms with Crippen molar-refractivity contribution in [1.29, 1.82) is 0 Å². The Morgan fingerprint density at radius 1 is 0.829 bits per heavy atom. The van der Waals surface area contributed by atoms with Crippen molar-refractivity contribution in [2.45, 2.75) is 82.6 Å². The summed E-state index contributed by atoms with van der Waals surface area (Å²) in [5.41, 5.74) is 4.02. The number of hydrogen-bond acceptors (Lipinski definition) is 8. The van der Waals surface area contributed by atoms with Crippen LogP contribution in [0.15, 0.2) is 84.9 Å². The van der Waals surface area contributed by atoms with Crippen molar-refractivity contribution < 1.29 is 33.2 Å². The monoisotopic (exact) mass is 559 g/mol. The van der Waals surface area contributed by atoms with E-state index < -0.39 is 54.3 Å². The summed E-state index contributed by atoms with van der Waals surface area (Å²) in [4.78, 5) is 14.0. The van der Waals surface area contributed by atoms with Crippen LogP contribution < -0.4 is 5.32 Å².